The Hall–Kier alpha value is -3.44. The largest absolute Gasteiger partial charge is 0.481 e. The number of carboxylic acids is 1. The first-order valence-electron chi connectivity index (χ1n) is 12.9. The van der Waals surface area contributed by atoms with E-state index in [4.69, 9.17) is 9.15 Å². The van der Waals surface area contributed by atoms with Crippen LogP contribution in [0.4, 0.5) is 5.82 Å². The molecule has 4 rings (SSSR count). The van der Waals surface area contributed by atoms with Crippen LogP contribution in [0.1, 0.15) is 61.0 Å². The minimum Gasteiger partial charge on any atom is -0.481 e. The van der Waals surface area contributed by atoms with E-state index in [0.717, 1.165) is 36.6 Å². The number of amides is 1. The van der Waals surface area contributed by atoms with E-state index in [1.54, 1.807) is 20.9 Å². The number of carbonyl (C=O) groups excluding carboxylic acids is 1. The molecule has 2 N–H and O–H groups in total. The van der Waals surface area contributed by atoms with Gasteiger partial charge in [0.05, 0.1) is 42.4 Å². The first-order chi connectivity index (χ1) is 18.4. The fraction of sp³-hybridized carbons (Fsp3) is 0.464. The predicted molar refractivity (Wildman–Crippen MR) is 149 cm³/mol. The van der Waals surface area contributed by atoms with Gasteiger partial charge in [-0.25, -0.2) is 8.42 Å². The third-order valence-electron chi connectivity index (χ3n) is 6.90. The summed E-state index contributed by atoms with van der Waals surface area (Å²) in [6.07, 6.45) is 3.71. The lowest BCUT2D eigenvalue weighted by molar-refractivity contribution is -0.150. The van der Waals surface area contributed by atoms with Gasteiger partial charge >= 0.3 is 5.97 Å². The molecule has 0 radical (unpaired) electrons. The Morgan fingerprint density at radius 1 is 1.23 bits per heavy atom. The van der Waals surface area contributed by atoms with Crippen LogP contribution in [0.25, 0.3) is 22.4 Å². The first kappa shape index (κ1) is 28.6. The molecule has 1 aliphatic carbocycles. The van der Waals surface area contributed by atoms with Gasteiger partial charge in [-0.3, -0.25) is 13.9 Å². The molecular weight excluding hydrogens is 522 g/mol. The van der Waals surface area contributed by atoms with Crippen LogP contribution in [0, 0.1) is 5.41 Å². The van der Waals surface area contributed by atoms with E-state index in [-0.39, 0.29) is 43.1 Å². The van der Waals surface area contributed by atoms with Crippen LogP contribution >= 0.6 is 0 Å². The van der Waals surface area contributed by atoms with E-state index < -0.39 is 21.4 Å². The summed E-state index contributed by atoms with van der Waals surface area (Å²) in [6, 6.07) is 9.55. The van der Waals surface area contributed by atoms with E-state index in [2.05, 4.69) is 17.2 Å². The number of pyridine rings is 1. The topological polar surface area (TPSA) is 139 Å². The number of aliphatic carboxylic acids is 1. The lowest BCUT2D eigenvalue weighted by Gasteiger charge is -2.25. The van der Waals surface area contributed by atoms with Crippen LogP contribution in [0.2, 0.25) is 0 Å². The van der Waals surface area contributed by atoms with Crippen molar-refractivity contribution in [3.8, 4) is 11.3 Å². The fourth-order valence-electron chi connectivity index (χ4n) is 4.34. The lowest BCUT2D eigenvalue weighted by atomic mass is 9.95. The molecule has 0 bridgehead atoms. The molecule has 1 aromatic carbocycles. The van der Waals surface area contributed by atoms with Crippen molar-refractivity contribution < 1.29 is 32.3 Å². The SMILES string of the molecule is CCc1ccc(-c2oc3nc(N(CCOCC(C)(C)C(=O)O)S(C)(=O)=O)c(C4CC4)cc3c2C(=O)NC)cc1. The quantitative estimate of drug-likeness (QED) is 0.316. The average molecular weight is 558 g/mol. The molecule has 2 heterocycles. The standard InChI is InChI=1S/C28H35N3O7S/c1-6-17-7-9-19(10-8-17)23-22(25(32)29-4)21-15-20(18-11-12-18)24(30-26(21)38-23)31(39(5,35)36)13-14-37-16-28(2,3)27(33)34/h7-10,15,18H,6,11-14,16H2,1-5H3,(H,29,32)(H,33,34). The molecule has 3 aromatic rings. The molecule has 2 aromatic heterocycles. The van der Waals surface area contributed by atoms with E-state index >= 15 is 0 Å². The smallest absolute Gasteiger partial charge is 0.311 e. The van der Waals surface area contributed by atoms with Crippen LogP contribution in [-0.2, 0) is 26.0 Å². The number of aryl methyl sites for hydroxylation is 1. The highest BCUT2D eigenvalue weighted by Crippen LogP contribution is 2.46. The number of carbonyl (C=O) groups is 2. The van der Waals surface area contributed by atoms with Gasteiger partial charge in [-0.1, -0.05) is 31.2 Å². The van der Waals surface area contributed by atoms with Gasteiger partial charge in [-0.05, 0) is 56.2 Å². The zero-order valence-electron chi connectivity index (χ0n) is 22.9. The van der Waals surface area contributed by atoms with Crippen molar-refractivity contribution in [1.29, 1.82) is 0 Å². The summed E-state index contributed by atoms with van der Waals surface area (Å²) in [5.41, 5.74) is 1.98. The number of carboxylic acid groups (broad SMARTS) is 1. The molecule has 11 heteroatoms. The second-order valence-electron chi connectivity index (χ2n) is 10.5. The van der Waals surface area contributed by atoms with Crippen molar-refractivity contribution in [2.75, 3.05) is 37.4 Å². The number of aromatic nitrogens is 1. The van der Waals surface area contributed by atoms with Crippen LogP contribution in [0.5, 0.6) is 0 Å². The molecule has 10 nitrogen and oxygen atoms in total. The molecule has 1 saturated carbocycles. The molecule has 0 saturated heterocycles. The number of furan rings is 1. The number of anilines is 1. The minimum absolute atomic E-state index is 0.0235. The molecule has 1 aliphatic rings. The highest BCUT2D eigenvalue weighted by atomic mass is 32.2. The number of hydrogen-bond donors (Lipinski definition) is 2. The zero-order valence-corrected chi connectivity index (χ0v) is 23.7. The predicted octanol–water partition coefficient (Wildman–Crippen LogP) is 4.19. The molecule has 210 valence electrons. The molecule has 1 amide bonds. The summed E-state index contributed by atoms with van der Waals surface area (Å²) in [5, 5.41) is 12.5. The third kappa shape index (κ3) is 6.09. The summed E-state index contributed by atoms with van der Waals surface area (Å²) in [7, 11) is -2.23. The number of sulfonamides is 1. The maximum Gasteiger partial charge on any atom is 0.311 e. The lowest BCUT2D eigenvalue weighted by Crippen LogP contribution is -2.36. The molecule has 39 heavy (non-hydrogen) atoms. The van der Waals surface area contributed by atoms with Crippen molar-refractivity contribution in [3.63, 3.8) is 0 Å². The monoisotopic (exact) mass is 557 g/mol. The van der Waals surface area contributed by atoms with Gasteiger partial charge in [0.1, 0.15) is 11.6 Å². The number of nitrogens with zero attached hydrogens (tertiary/aromatic N) is 2. The van der Waals surface area contributed by atoms with Crippen LogP contribution < -0.4 is 9.62 Å². The van der Waals surface area contributed by atoms with Gasteiger partial charge in [0, 0.05) is 12.6 Å². The third-order valence-corrected chi connectivity index (χ3v) is 8.06. The van der Waals surface area contributed by atoms with Crippen LogP contribution in [0.15, 0.2) is 34.7 Å². The van der Waals surface area contributed by atoms with Crippen LogP contribution in [0.3, 0.4) is 0 Å². The Morgan fingerprint density at radius 2 is 1.90 bits per heavy atom. The Balaban J connectivity index is 1.78. The molecule has 0 atom stereocenters. The fourth-order valence-corrected chi connectivity index (χ4v) is 5.20. The number of hydrogen-bond acceptors (Lipinski definition) is 7. The Bertz CT molecular complexity index is 1490. The number of rotatable bonds is 12. The van der Waals surface area contributed by atoms with E-state index in [9.17, 15) is 23.1 Å². The highest BCUT2D eigenvalue weighted by molar-refractivity contribution is 7.92. The van der Waals surface area contributed by atoms with Crippen molar-refractivity contribution >= 4 is 38.8 Å². The van der Waals surface area contributed by atoms with Crippen molar-refractivity contribution in [1.82, 2.24) is 10.3 Å². The van der Waals surface area contributed by atoms with Gasteiger partial charge in [-0.2, -0.15) is 4.98 Å². The van der Waals surface area contributed by atoms with Gasteiger partial charge in [0.25, 0.3) is 5.91 Å². The minimum atomic E-state index is -3.78. The molecular formula is C28H35N3O7S. The number of nitrogens with one attached hydrogen (secondary N) is 1. The summed E-state index contributed by atoms with van der Waals surface area (Å²) < 4.78 is 38.7. The number of ether oxygens (including phenoxy) is 1. The molecule has 1 fully saturated rings. The van der Waals surface area contributed by atoms with Gasteiger partial charge in [-0.15, -0.1) is 0 Å². The van der Waals surface area contributed by atoms with Crippen molar-refractivity contribution in [3.05, 3.63) is 47.0 Å². The first-order valence-corrected chi connectivity index (χ1v) is 14.8. The normalized spacial score (nSPS) is 14.0. The maximum absolute atomic E-state index is 13.0. The molecule has 0 unspecified atom stereocenters. The Kier molecular flexibility index (Phi) is 8.04. The second kappa shape index (κ2) is 11.0. The molecule has 0 spiro atoms. The number of benzene rings is 1. The summed E-state index contributed by atoms with van der Waals surface area (Å²) in [6.45, 7) is 4.99. The summed E-state index contributed by atoms with van der Waals surface area (Å²) >= 11 is 0. The Labute approximate surface area is 228 Å². The van der Waals surface area contributed by atoms with E-state index in [0.29, 0.717) is 22.3 Å². The molecule has 0 aliphatic heterocycles. The van der Waals surface area contributed by atoms with Gasteiger partial charge < -0.3 is 19.6 Å². The average Bonchev–Trinajstić information content (AvgIpc) is 3.67. The van der Waals surface area contributed by atoms with Crippen molar-refractivity contribution in [2.24, 2.45) is 5.41 Å². The van der Waals surface area contributed by atoms with Gasteiger partial charge in [0.15, 0.2) is 0 Å². The van der Waals surface area contributed by atoms with Gasteiger partial charge in [0.2, 0.25) is 15.7 Å². The van der Waals surface area contributed by atoms with Crippen LogP contribution in [-0.4, -0.2) is 63.4 Å². The summed E-state index contributed by atoms with van der Waals surface area (Å²) in [4.78, 5) is 29.1. The zero-order chi connectivity index (χ0) is 28.5. The number of fused-ring (bicyclic) bond motifs is 1. The van der Waals surface area contributed by atoms with E-state index in [1.165, 1.54) is 4.31 Å². The van der Waals surface area contributed by atoms with E-state index in [1.807, 2.05) is 30.3 Å². The van der Waals surface area contributed by atoms with Crippen molar-refractivity contribution in [2.45, 2.75) is 46.0 Å². The maximum atomic E-state index is 13.0. The second-order valence-corrected chi connectivity index (χ2v) is 12.4. The highest BCUT2D eigenvalue weighted by Gasteiger charge is 2.34. The summed E-state index contributed by atoms with van der Waals surface area (Å²) in [5.74, 6) is -0.625. The Morgan fingerprint density at radius 3 is 2.44 bits per heavy atom.